The van der Waals surface area contributed by atoms with Gasteiger partial charge in [-0.2, -0.15) is 0 Å². The number of nitrogens with zero attached hydrogens (tertiary/aromatic N) is 1. The van der Waals surface area contributed by atoms with E-state index >= 15 is 0 Å². The van der Waals surface area contributed by atoms with E-state index in [0.29, 0.717) is 13.0 Å². The Morgan fingerprint density at radius 1 is 1.82 bits per heavy atom. The highest BCUT2D eigenvalue weighted by molar-refractivity contribution is 5.83. The summed E-state index contributed by atoms with van der Waals surface area (Å²) in [5.41, 5.74) is 0. The van der Waals surface area contributed by atoms with Crippen LogP contribution in [0.2, 0.25) is 0 Å². The molecule has 1 radical (unpaired) electrons. The standard InChI is InChI=1S/C7H8NO3/c1-2-4-11-7(9)6-8-3-5-10-6/h3,5H,1-2,4H2. The topological polar surface area (TPSA) is 52.3 Å². The molecule has 1 aromatic heterocycles. The summed E-state index contributed by atoms with van der Waals surface area (Å²) in [6.45, 7) is 3.80. The van der Waals surface area contributed by atoms with Crippen molar-refractivity contribution in [3.05, 3.63) is 25.3 Å². The Morgan fingerprint density at radius 3 is 3.18 bits per heavy atom. The van der Waals surface area contributed by atoms with Crippen molar-refractivity contribution in [2.45, 2.75) is 6.42 Å². The molecule has 0 saturated carbocycles. The SMILES string of the molecule is [CH2]CCOC(=O)c1ncco1. The van der Waals surface area contributed by atoms with Gasteiger partial charge in [-0.05, 0) is 13.3 Å². The maximum Gasteiger partial charge on any atom is 0.394 e. The molecule has 0 aliphatic carbocycles. The Labute approximate surface area is 64.2 Å². The fraction of sp³-hybridized carbons (Fsp3) is 0.286. The Morgan fingerprint density at radius 2 is 2.64 bits per heavy atom. The average Bonchev–Trinajstić information content (AvgIpc) is 2.52. The summed E-state index contributed by atoms with van der Waals surface area (Å²) in [7, 11) is 0. The van der Waals surface area contributed by atoms with Gasteiger partial charge in [0.1, 0.15) is 6.26 Å². The molecule has 0 unspecified atom stereocenters. The Bertz CT molecular complexity index is 218. The number of oxazole rings is 1. The van der Waals surface area contributed by atoms with Gasteiger partial charge in [-0.1, -0.05) is 0 Å². The minimum absolute atomic E-state index is 0.0153. The van der Waals surface area contributed by atoms with Crippen molar-refractivity contribution < 1.29 is 13.9 Å². The first-order valence-electron chi connectivity index (χ1n) is 3.20. The molecule has 0 spiro atoms. The molecule has 1 aromatic rings. The predicted octanol–water partition coefficient (Wildman–Crippen LogP) is 1.06. The molecule has 4 nitrogen and oxygen atoms in total. The van der Waals surface area contributed by atoms with E-state index in [2.05, 4.69) is 21.1 Å². The van der Waals surface area contributed by atoms with Gasteiger partial charge in [-0.3, -0.25) is 0 Å². The first-order valence-corrected chi connectivity index (χ1v) is 3.20. The van der Waals surface area contributed by atoms with Crippen LogP contribution in [0, 0.1) is 6.92 Å². The van der Waals surface area contributed by atoms with Crippen molar-refractivity contribution in [1.82, 2.24) is 4.98 Å². The number of rotatable bonds is 3. The zero-order chi connectivity index (χ0) is 8.10. The van der Waals surface area contributed by atoms with Crippen LogP contribution in [0.1, 0.15) is 17.1 Å². The molecule has 0 bridgehead atoms. The van der Waals surface area contributed by atoms with E-state index in [-0.39, 0.29) is 5.89 Å². The first kappa shape index (κ1) is 7.78. The Balaban J connectivity index is 2.43. The molecular formula is C7H8NO3. The van der Waals surface area contributed by atoms with Crippen molar-refractivity contribution in [3.63, 3.8) is 0 Å². The van der Waals surface area contributed by atoms with Crippen LogP contribution in [0.3, 0.4) is 0 Å². The Hall–Kier alpha value is -1.32. The van der Waals surface area contributed by atoms with Crippen LogP contribution in [0.4, 0.5) is 0 Å². The molecule has 1 heterocycles. The molecule has 11 heavy (non-hydrogen) atoms. The van der Waals surface area contributed by atoms with E-state index < -0.39 is 5.97 Å². The third-order valence-corrected chi connectivity index (χ3v) is 0.984. The van der Waals surface area contributed by atoms with E-state index in [9.17, 15) is 4.79 Å². The lowest BCUT2D eigenvalue weighted by Crippen LogP contribution is -2.05. The van der Waals surface area contributed by atoms with Gasteiger partial charge in [0.05, 0.1) is 12.8 Å². The molecule has 0 N–H and O–H groups in total. The quantitative estimate of drug-likeness (QED) is 0.611. The number of hydrogen-bond acceptors (Lipinski definition) is 4. The second kappa shape index (κ2) is 3.75. The molecule has 0 aliphatic heterocycles. The van der Waals surface area contributed by atoms with Gasteiger partial charge in [0.25, 0.3) is 0 Å². The molecule has 0 amide bonds. The summed E-state index contributed by atoms with van der Waals surface area (Å²) in [5.74, 6) is -0.558. The van der Waals surface area contributed by atoms with Gasteiger partial charge in [0.15, 0.2) is 0 Å². The van der Waals surface area contributed by atoms with Crippen LogP contribution in [-0.4, -0.2) is 17.6 Å². The van der Waals surface area contributed by atoms with Crippen molar-refractivity contribution >= 4 is 5.97 Å². The van der Waals surface area contributed by atoms with Crippen LogP contribution in [0.25, 0.3) is 0 Å². The molecule has 0 fully saturated rings. The zero-order valence-electron chi connectivity index (χ0n) is 5.95. The number of hydrogen-bond donors (Lipinski definition) is 0. The fourth-order valence-electron chi connectivity index (χ4n) is 0.551. The zero-order valence-corrected chi connectivity index (χ0v) is 5.95. The Kier molecular flexibility index (Phi) is 2.66. The fourth-order valence-corrected chi connectivity index (χ4v) is 0.551. The van der Waals surface area contributed by atoms with Gasteiger partial charge in [-0.25, -0.2) is 9.78 Å². The van der Waals surface area contributed by atoms with E-state index in [1.807, 2.05) is 0 Å². The highest BCUT2D eigenvalue weighted by Gasteiger charge is 2.10. The highest BCUT2D eigenvalue weighted by atomic mass is 16.5. The molecule has 0 saturated heterocycles. The van der Waals surface area contributed by atoms with E-state index in [1.165, 1.54) is 12.5 Å². The number of carbonyl (C=O) groups excluding carboxylic acids is 1. The largest absolute Gasteiger partial charge is 0.459 e. The normalized spacial score (nSPS) is 9.55. The molecule has 59 valence electrons. The molecule has 0 aromatic carbocycles. The van der Waals surface area contributed by atoms with Gasteiger partial charge >= 0.3 is 11.9 Å². The average molecular weight is 154 g/mol. The second-order valence-corrected chi connectivity index (χ2v) is 1.83. The van der Waals surface area contributed by atoms with Crippen LogP contribution in [0.5, 0.6) is 0 Å². The lowest BCUT2D eigenvalue weighted by molar-refractivity contribution is 0.0465. The van der Waals surface area contributed by atoms with Crippen LogP contribution >= 0.6 is 0 Å². The number of ether oxygens (including phenoxy) is 1. The van der Waals surface area contributed by atoms with Gasteiger partial charge in [-0.15, -0.1) is 0 Å². The van der Waals surface area contributed by atoms with Crippen molar-refractivity contribution in [2.24, 2.45) is 0 Å². The third-order valence-electron chi connectivity index (χ3n) is 0.984. The van der Waals surface area contributed by atoms with Gasteiger partial charge < -0.3 is 9.15 Å². The number of carbonyl (C=O) groups is 1. The van der Waals surface area contributed by atoms with E-state index in [4.69, 9.17) is 0 Å². The van der Waals surface area contributed by atoms with Crippen molar-refractivity contribution in [3.8, 4) is 0 Å². The van der Waals surface area contributed by atoms with Crippen LogP contribution in [-0.2, 0) is 4.74 Å². The predicted molar refractivity (Wildman–Crippen MR) is 36.8 cm³/mol. The van der Waals surface area contributed by atoms with Gasteiger partial charge in [0, 0.05) is 0 Å². The minimum Gasteiger partial charge on any atom is -0.459 e. The highest BCUT2D eigenvalue weighted by Crippen LogP contribution is 1.97. The number of esters is 1. The molecule has 0 atom stereocenters. The second-order valence-electron chi connectivity index (χ2n) is 1.83. The van der Waals surface area contributed by atoms with E-state index in [1.54, 1.807) is 0 Å². The number of aromatic nitrogens is 1. The monoisotopic (exact) mass is 154 g/mol. The molecule has 4 heteroatoms. The maximum absolute atomic E-state index is 10.9. The third kappa shape index (κ3) is 2.07. The van der Waals surface area contributed by atoms with Crippen molar-refractivity contribution in [1.29, 1.82) is 0 Å². The summed E-state index contributed by atoms with van der Waals surface area (Å²) in [5, 5.41) is 0. The summed E-state index contributed by atoms with van der Waals surface area (Å²) < 4.78 is 9.36. The summed E-state index contributed by atoms with van der Waals surface area (Å²) in [6.07, 6.45) is 3.26. The van der Waals surface area contributed by atoms with Gasteiger partial charge in [0.2, 0.25) is 0 Å². The first-order chi connectivity index (χ1) is 5.34. The summed E-state index contributed by atoms with van der Waals surface area (Å²) >= 11 is 0. The van der Waals surface area contributed by atoms with Crippen LogP contribution < -0.4 is 0 Å². The maximum atomic E-state index is 10.9. The smallest absolute Gasteiger partial charge is 0.394 e. The van der Waals surface area contributed by atoms with Crippen molar-refractivity contribution in [2.75, 3.05) is 6.61 Å². The lowest BCUT2D eigenvalue weighted by Gasteiger charge is -1.96. The minimum atomic E-state index is -0.543. The molecule has 0 aliphatic rings. The summed E-state index contributed by atoms with van der Waals surface area (Å²) in [4.78, 5) is 14.5. The summed E-state index contributed by atoms with van der Waals surface area (Å²) in [6, 6.07) is 0. The van der Waals surface area contributed by atoms with Crippen LogP contribution in [0.15, 0.2) is 16.9 Å². The molecule has 1 rings (SSSR count). The van der Waals surface area contributed by atoms with E-state index in [0.717, 1.165) is 0 Å². The lowest BCUT2D eigenvalue weighted by atomic mass is 10.5. The molecular weight excluding hydrogens is 146 g/mol.